The van der Waals surface area contributed by atoms with Crippen LogP contribution in [0.25, 0.3) is 22.6 Å². The summed E-state index contributed by atoms with van der Waals surface area (Å²) in [5.41, 5.74) is 2.56. The van der Waals surface area contributed by atoms with Gasteiger partial charge in [0.05, 0.1) is 12.9 Å². The van der Waals surface area contributed by atoms with Crippen LogP contribution < -0.4 is 5.32 Å². The Labute approximate surface area is 160 Å². The number of methoxy groups -OCH3 is 1. The predicted octanol–water partition coefficient (Wildman–Crippen LogP) is 3.39. The summed E-state index contributed by atoms with van der Waals surface area (Å²) >= 11 is 1.17. The maximum Gasteiger partial charge on any atom is 0.325 e. The van der Waals surface area contributed by atoms with E-state index in [-0.39, 0.29) is 18.2 Å². The lowest BCUT2D eigenvalue weighted by atomic mass is 10.1. The smallest absolute Gasteiger partial charge is 0.325 e. The normalized spacial score (nSPS) is 10.4. The molecule has 3 rings (SSSR count). The van der Waals surface area contributed by atoms with E-state index in [9.17, 15) is 9.59 Å². The summed E-state index contributed by atoms with van der Waals surface area (Å²) in [5.74, 6) is -0.0624. The van der Waals surface area contributed by atoms with Crippen molar-refractivity contribution >= 4 is 23.6 Å². The molecule has 0 saturated heterocycles. The lowest BCUT2D eigenvalue weighted by Gasteiger charge is -2.01. The standard InChI is InChI=1S/C20H18N2O4S/c1-25-17(24)12-21-16(23)13-27-20-22-18(14-8-4-2-5-9-14)19(26-20)15-10-6-3-7-11-15/h2-11H,12-13H2,1H3,(H,21,23). The van der Waals surface area contributed by atoms with Crippen molar-refractivity contribution in [2.75, 3.05) is 19.4 Å². The lowest BCUT2D eigenvalue weighted by molar-refractivity contribution is -0.140. The second kappa shape index (κ2) is 9.05. The fourth-order valence-electron chi connectivity index (χ4n) is 2.36. The molecule has 0 aliphatic carbocycles. The summed E-state index contributed by atoms with van der Waals surface area (Å²) in [6.07, 6.45) is 0. The van der Waals surface area contributed by atoms with Gasteiger partial charge in [0, 0.05) is 11.1 Å². The molecule has 1 N–H and O–H groups in total. The van der Waals surface area contributed by atoms with Crippen LogP contribution in [0, 0.1) is 0 Å². The molecule has 0 radical (unpaired) electrons. The van der Waals surface area contributed by atoms with Gasteiger partial charge in [-0.05, 0) is 0 Å². The summed E-state index contributed by atoms with van der Waals surface area (Å²) in [6.45, 7) is -0.161. The number of carbonyl (C=O) groups is 2. The first-order valence-corrected chi connectivity index (χ1v) is 9.24. The van der Waals surface area contributed by atoms with Gasteiger partial charge in [0.2, 0.25) is 5.91 Å². The third-order valence-corrected chi connectivity index (χ3v) is 4.50. The van der Waals surface area contributed by atoms with Crippen LogP contribution in [-0.2, 0) is 14.3 Å². The molecular weight excluding hydrogens is 364 g/mol. The molecule has 0 bridgehead atoms. The van der Waals surface area contributed by atoms with Crippen LogP contribution in [0.3, 0.4) is 0 Å². The molecule has 6 nitrogen and oxygen atoms in total. The molecule has 3 aromatic rings. The summed E-state index contributed by atoms with van der Waals surface area (Å²) in [4.78, 5) is 27.5. The molecule has 0 aliphatic heterocycles. The molecule has 0 saturated carbocycles. The quantitative estimate of drug-likeness (QED) is 0.498. The first-order valence-electron chi connectivity index (χ1n) is 8.25. The third-order valence-electron chi connectivity index (χ3n) is 3.68. The Balaban J connectivity index is 1.78. The number of hydrogen-bond acceptors (Lipinski definition) is 6. The molecule has 138 valence electrons. The molecule has 0 fully saturated rings. The number of amides is 1. The van der Waals surface area contributed by atoms with Gasteiger partial charge in [0.15, 0.2) is 5.76 Å². The molecule has 27 heavy (non-hydrogen) atoms. The molecule has 0 unspecified atom stereocenters. The minimum atomic E-state index is -0.498. The van der Waals surface area contributed by atoms with Gasteiger partial charge in [-0.2, -0.15) is 0 Å². The Morgan fingerprint density at radius 1 is 1.04 bits per heavy atom. The number of thioether (sulfide) groups is 1. The maximum atomic E-state index is 11.9. The molecule has 0 aliphatic rings. The van der Waals surface area contributed by atoms with Crippen molar-refractivity contribution in [1.82, 2.24) is 10.3 Å². The second-order valence-corrected chi connectivity index (χ2v) is 6.46. The van der Waals surface area contributed by atoms with E-state index < -0.39 is 5.97 Å². The van der Waals surface area contributed by atoms with Crippen LogP contribution in [0.2, 0.25) is 0 Å². The SMILES string of the molecule is COC(=O)CNC(=O)CSc1nc(-c2ccccc2)c(-c2ccccc2)o1. The average Bonchev–Trinajstić information content (AvgIpc) is 3.16. The van der Waals surface area contributed by atoms with Crippen molar-refractivity contribution in [3.63, 3.8) is 0 Å². The molecule has 0 spiro atoms. The van der Waals surface area contributed by atoms with Crippen LogP contribution in [0.4, 0.5) is 0 Å². The minimum Gasteiger partial charge on any atom is -0.468 e. The Morgan fingerprint density at radius 3 is 2.30 bits per heavy atom. The number of benzene rings is 2. The molecule has 7 heteroatoms. The summed E-state index contributed by atoms with van der Waals surface area (Å²) in [6, 6.07) is 19.4. The monoisotopic (exact) mass is 382 g/mol. The number of nitrogens with zero attached hydrogens (tertiary/aromatic N) is 1. The highest BCUT2D eigenvalue weighted by Gasteiger charge is 2.18. The second-order valence-electron chi connectivity index (χ2n) is 5.53. The van der Waals surface area contributed by atoms with Gasteiger partial charge >= 0.3 is 5.97 Å². The number of carbonyl (C=O) groups excluding carboxylic acids is 2. The lowest BCUT2D eigenvalue weighted by Crippen LogP contribution is -2.31. The number of hydrogen-bond donors (Lipinski definition) is 1. The number of aromatic nitrogens is 1. The van der Waals surface area contributed by atoms with E-state index in [4.69, 9.17) is 4.42 Å². The zero-order valence-corrected chi connectivity index (χ0v) is 15.5. The fraction of sp³-hybridized carbons (Fsp3) is 0.150. The van der Waals surface area contributed by atoms with Crippen molar-refractivity contribution < 1.29 is 18.7 Å². The third kappa shape index (κ3) is 4.98. The van der Waals surface area contributed by atoms with Crippen molar-refractivity contribution in [2.24, 2.45) is 0 Å². The van der Waals surface area contributed by atoms with Crippen LogP contribution in [-0.4, -0.2) is 36.3 Å². The summed E-state index contributed by atoms with van der Waals surface area (Å²) in [5, 5.41) is 2.87. The first-order chi connectivity index (χ1) is 13.2. The van der Waals surface area contributed by atoms with E-state index in [1.807, 2.05) is 60.7 Å². The van der Waals surface area contributed by atoms with Crippen molar-refractivity contribution in [3.8, 4) is 22.6 Å². The molecule has 0 atom stereocenters. The molecule has 2 aromatic carbocycles. The van der Waals surface area contributed by atoms with Crippen molar-refractivity contribution in [1.29, 1.82) is 0 Å². The van der Waals surface area contributed by atoms with Gasteiger partial charge in [0.25, 0.3) is 5.22 Å². The van der Waals surface area contributed by atoms with E-state index in [2.05, 4.69) is 15.0 Å². The van der Waals surface area contributed by atoms with Crippen LogP contribution in [0.5, 0.6) is 0 Å². The Bertz CT molecular complexity index is 853. The van der Waals surface area contributed by atoms with E-state index in [0.29, 0.717) is 11.0 Å². The highest BCUT2D eigenvalue weighted by atomic mass is 32.2. The highest BCUT2D eigenvalue weighted by Crippen LogP contribution is 2.35. The van der Waals surface area contributed by atoms with E-state index in [1.165, 1.54) is 18.9 Å². The number of ether oxygens (including phenoxy) is 1. The van der Waals surface area contributed by atoms with Gasteiger partial charge in [-0.3, -0.25) is 9.59 Å². The summed E-state index contributed by atoms with van der Waals surface area (Å²) in [7, 11) is 1.27. The molecular formula is C20H18N2O4S. The number of rotatable bonds is 7. The van der Waals surface area contributed by atoms with Crippen LogP contribution >= 0.6 is 11.8 Å². The highest BCUT2D eigenvalue weighted by molar-refractivity contribution is 7.99. The van der Waals surface area contributed by atoms with Gasteiger partial charge in [-0.15, -0.1) is 0 Å². The van der Waals surface area contributed by atoms with E-state index >= 15 is 0 Å². The average molecular weight is 382 g/mol. The Hall–Kier alpha value is -3.06. The number of esters is 1. The zero-order chi connectivity index (χ0) is 19.1. The first kappa shape index (κ1) is 18.7. The largest absolute Gasteiger partial charge is 0.468 e. The maximum absolute atomic E-state index is 11.9. The van der Waals surface area contributed by atoms with Gasteiger partial charge in [-0.1, -0.05) is 72.4 Å². The van der Waals surface area contributed by atoms with Crippen molar-refractivity contribution in [3.05, 3.63) is 60.7 Å². The number of oxazole rings is 1. The van der Waals surface area contributed by atoms with Crippen LogP contribution in [0.15, 0.2) is 70.3 Å². The molecule has 1 heterocycles. The Kier molecular flexibility index (Phi) is 6.27. The zero-order valence-electron chi connectivity index (χ0n) is 14.7. The summed E-state index contributed by atoms with van der Waals surface area (Å²) < 4.78 is 10.4. The predicted molar refractivity (Wildman–Crippen MR) is 103 cm³/mol. The topological polar surface area (TPSA) is 81.4 Å². The van der Waals surface area contributed by atoms with Crippen molar-refractivity contribution in [2.45, 2.75) is 5.22 Å². The molecule has 1 amide bonds. The van der Waals surface area contributed by atoms with E-state index in [1.54, 1.807) is 0 Å². The van der Waals surface area contributed by atoms with Gasteiger partial charge < -0.3 is 14.5 Å². The minimum absolute atomic E-state index is 0.0833. The fourth-order valence-corrected chi connectivity index (χ4v) is 3.02. The molecule has 1 aromatic heterocycles. The Morgan fingerprint density at radius 2 is 1.67 bits per heavy atom. The van der Waals surface area contributed by atoms with Gasteiger partial charge in [0.1, 0.15) is 12.2 Å². The van der Waals surface area contributed by atoms with Crippen LogP contribution in [0.1, 0.15) is 0 Å². The van der Waals surface area contributed by atoms with E-state index in [0.717, 1.165) is 16.8 Å². The van der Waals surface area contributed by atoms with Gasteiger partial charge in [-0.25, -0.2) is 4.98 Å². The number of nitrogens with one attached hydrogen (secondary N) is 1.